The van der Waals surface area contributed by atoms with Gasteiger partial charge in [0.2, 0.25) is 0 Å². The Hall–Kier alpha value is -1.13. The molecule has 0 amide bonds. The molecule has 2 aromatic carbocycles. The zero-order valence-corrected chi connectivity index (χ0v) is 11.8. The topological polar surface area (TPSA) is 37.3 Å². The van der Waals surface area contributed by atoms with Gasteiger partial charge in [-0.25, -0.2) is 4.79 Å². The van der Waals surface area contributed by atoms with Crippen molar-refractivity contribution in [3.05, 3.63) is 57.0 Å². The zero-order chi connectivity index (χ0) is 12.4. The van der Waals surface area contributed by atoms with Gasteiger partial charge in [-0.1, -0.05) is 56.1 Å². The Morgan fingerprint density at radius 3 is 2.35 bits per heavy atom. The van der Waals surface area contributed by atoms with Crippen molar-refractivity contribution in [1.82, 2.24) is 0 Å². The summed E-state index contributed by atoms with van der Waals surface area (Å²) in [4.78, 5) is 11.1. The molecule has 2 aromatic rings. The molecular weight excluding hydrogens is 348 g/mol. The highest BCUT2D eigenvalue weighted by atomic mass is 79.9. The lowest BCUT2D eigenvalue weighted by Gasteiger charge is -2.08. The van der Waals surface area contributed by atoms with Crippen LogP contribution < -0.4 is 0 Å². The first kappa shape index (κ1) is 12.3. The average molecular weight is 356 g/mol. The summed E-state index contributed by atoms with van der Waals surface area (Å²) in [5, 5.41) is 9.15. The van der Waals surface area contributed by atoms with Crippen molar-refractivity contribution in [1.29, 1.82) is 0 Å². The second-order valence-electron chi connectivity index (χ2n) is 3.47. The van der Waals surface area contributed by atoms with Gasteiger partial charge in [-0.2, -0.15) is 0 Å². The molecule has 0 unspecified atom stereocenters. The van der Waals surface area contributed by atoms with E-state index in [9.17, 15) is 4.79 Å². The lowest BCUT2D eigenvalue weighted by molar-refractivity contribution is 0.0697. The van der Waals surface area contributed by atoms with Gasteiger partial charge >= 0.3 is 5.97 Å². The van der Waals surface area contributed by atoms with Crippen LogP contribution in [0.2, 0.25) is 0 Å². The number of carbonyl (C=O) groups is 1. The van der Waals surface area contributed by atoms with E-state index in [1.807, 2.05) is 24.3 Å². The van der Waals surface area contributed by atoms with E-state index < -0.39 is 5.97 Å². The number of hydrogen-bond donors (Lipinski definition) is 1. The summed E-state index contributed by atoms with van der Waals surface area (Å²) in [6, 6.07) is 12.6. The Bertz CT molecular complexity index is 579. The molecule has 0 saturated heterocycles. The molecule has 0 spiro atoms. The summed E-state index contributed by atoms with van der Waals surface area (Å²) >= 11 is 6.81. The fraction of sp³-hybridized carbons (Fsp3) is 0. The number of aromatic carboxylic acids is 1. The maximum Gasteiger partial charge on any atom is 0.336 e. The predicted molar refractivity (Wildman–Crippen MR) is 74.2 cm³/mol. The first-order valence-corrected chi connectivity index (χ1v) is 6.46. The molecule has 2 rings (SSSR count). The van der Waals surface area contributed by atoms with Crippen molar-refractivity contribution >= 4 is 37.8 Å². The van der Waals surface area contributed by atoms with Gasteiger partial charge in [-0.3, -0.25) is 0 Å². The van der Waals surface area contributed by atoms with Crippen molar-refractivity contribution in [2.75, 3.05) is 0 Å². The second kappa shape index (κ2) is 5.02. The monoisotopic (exact) mass is 354 g/mol. The van der Waals surface area contributed by atoms with Crippen molar-refractivity contribution in [2.45, 2.75) is 0 Å². The predicted octanol–water partition coefficient (Wildman–Crippen LogP) is 4.58. The van der Waals surface area contributed by atoms with Crippen LogP contribution in [0, 0.1) is 0 Å². The largest absolute Gasteiger partial charge is 0.478 e. The molecule has 0 fully saturated rings. The average Bonchev–Trinajstić information content (AvgIpc) is 2.29. The summed E-state index contributed by atoms with van der Waals surface area (Å²) in [5.41, 5.74) is 1.88. The standard InChI is InChI=1S/C13H8Br2O2/c14-8-5-6-10(12(15)7-8)9-3-1-2-4-11(9)13(16)17/h1-7H,(H,16,17). The molecule has 0 aromatic heterocycles. The summed E-state index contributed by atoms with van der Waals surface area (Å²) in [7, 11) is 0. The van der Waals surface area contributed by atoms with Gasteiger partial charge < -0.3 is 5.11 Å². The number of carboxylic acid groups (broad SMARTS) is 1. The normalized spacial score (nSPS) is 10.2. The molecule has 86 valence electrons. The number of rotatable bonds is 2. The van der Waals surface area contributed by atoms with Crippen molar-refractivity contribution in [2.24, 2.45) is 0 Å². The van der Waals surface area contributed by atoms with Gasteiger partial charge in [0, 0.05) is 8.95 Å². The van der Waals surface area contributed by atoms with Crippen LogP contribution in [0.4, 0.5) is 0 Å². The molecule has 0 saturated carbocycles. The van der Waals surface area contributed by atoms with Gasteiger partial charge in [0.05, 0.1) is 5.56 Å². The van der Waals surface area contributed by atoms with Crippen LogP contribution >= 0.6 is 31.9 Å². The Balaban J connectivity index is 2.64. The minimum Gasteiger partial charge on any atom is -0.478 e. The van der Waals surface area contributed by atoms with Crippen molar-refractivity contribution < 1.29 is 9.90 Å². The van der Waals surface area contributed by atoms with Gasteiger partial charge in [0.1, 0.15) is 0 Å². The Kier molecular flexibility index (Phi) is 3.64. The molecule has 2 nitrogen and oxygen atoms in total. The molecule has 0 radical (unpaired) electrons. The summed E-state index contributed by atoms with van der Waals surface area (Å²) < 4.78 is 1.81. The number of halogens is 2. The third-order valence-corrected chi connectivity index (χ3v) is 3.53. The van der Waals surface area contributed by atoms with Crippen LogP contribution in [0.3, 0.4) is 0 Å². The van der Waals surface area contributed by atoms with Crippen LogP contribution in [0.25, 0.3) is 11.1 Å². The molecule has 0 aliphatic rings. The highest BCUT2D eigenvalue weighted by Gasteiger charge is 2.12. The molecule has 1 N–H and O–H groups in total. The smallest absolute Gasteiger partial charge is 0.336 e. The third kappa shape index (κ3) is 2.58. The highest BCUT2D eigenvalue weighted by Crippen LogP contribution is 2.32. The lowest BCUT2D eigenvalue weighted by atomic mass is 10.00. The first-order valence-electron chi connectivity index (χ1n) is 4.87. The van der Waals surface area contributed by atoms with E-state index in [-0.39, 0.29) is 0 Å². The van der Waals surface area contributed by atoms with Gasteiger partial charge in [0.25, 0.3) is 0 Å². The van der Waals surface area contributed by atoms with E-state index in [4.69, 9.17) is 5.11 Å². The Labute approximate surface area is 116 Å². The van der Waals surface area contributed by atoms with E-state index in [2.05, 4.69) is 31.9 Å². The summed E-state index contributed by atoms with van der Waals surface area (Å²) in [6.45, 7) is 0. The van der Waals surface area contributed by atoms with E-state index in [0.29, 0.717) is 11.1 Å². The lowest BCUT2D eigenvalue weighted by Crippen LogP contribution is -1.99. The van der Waals surface area contributed by atoms with Crippen molar-refractivity contribution in [3.63, 3.8) is 0 Å². The molecule has 0 aliphatic heterocycles. The quantitative estimate of drug-likeness (QED) is 0.856. The maximum absolute atomic E-state index is 11.1. The van der Waals surface area contributed by atoms with Crippen LogP contribution in [-0.4, -0.2) is 11.1 Å². The molecular formula is C13H8Br2O2. The Morgan fingerprint density at radius 2 is 1.71 bits per heavy atom. The molecule has 17 heavy (non-hydrogen) atoms. The fourth-order valence-corrected chi connectivity index (χ4v) is 2.87. The number of benzene rings is 2. The molecule has 0 atom stereocenters. The summed E-state index contributed by atoms with van der Waals surface area (Å²) in [6.07, 6.45) is 0. The fourth-order valence-electron chi connectivity index (χ4n) is 1.61. The van der Waals surface area contributed by atoms with E-state index in [1.54, 1.807) is 18.2 Å². The van der Waals surface area contributed by atoms with Gasteiger partial charge in [-0.15, -0.1) is 0 Å². The van der Waals surface area contributed by atoms with Crippen LogP contribution in [0.15, 0.2) is 51.4 Å². The summed E-state index contributed by atoms with van der Waals surface area (Å²) in [5.74, 6) is -0.921. The zero-order valence-electron chi connectivity index (χ0n) is 8.65. The molecule has 4 heteroatoms. The second-order valence-corrected chi connectivity index (χ2v) is 5.24. The van der Waals surface area contributed by atoms with Crippen LogP contribution in [0.5, 0.6) is 0 Å². The van der Waals surface area contributed by atoms with Crippen LogP contribution in [-0.2, 0) is 0 Å². The SMILES string of the molecule is O=C(O)c1ccccc1-c1ccc(Br)cc1Br. The van der Waals surface area contributed by atoms with E-state index in [0.717, 1.165) is 14.5 Å². The first-order chi connectivity index (χ1) is 8.09. The number of carboxylic acids is 1. The van der Waals surface area contributed by atoms with Crippen LogP contribution in [0.1, 0.15) is 10.4 Å². The Morgan fingerprint density at radius 1 is 1.00 bits per heavy atom. The molecule has 0 bridgehead atoms. The third-order valence-electron chi connectivity index (χ3n) is 2.38. The van der Waals surface area contributed by atoms with Gasteiger partial charge in [-0.05, 0) is 29.3 Å². The van der Waals surface area contributed by atoms with Crippen molar-refractivity contribution in [3.8, 4) is 11.1 Å². The van der Waals surface area contributed by atoms with E-state index in [1.165, 1.54) is 0 Å². The maximum atomic E-state index is 11.1. The molecule has 0 heterocycles. The minimum atomic E-state index is -0.921. The van der Waals surface area contributed by atoms with Gasteiger partial charge in [0.15, 0.2) is 0 Å². The van der Waals surface area contributed by atoms with E-state index >= 15 is 0 Å². The highest BCUT2D eigenvalue weighted by molar-refractivity contribution is 9.11. The number of hydrogen-bond acceptors (Lipinski definition) is 1. The minimum absolute atomic E-state index is 0.301. The molecule has 0 aliphatic carbocycles.